The van der Waals surface area contributed by atoms with Gasteiger partial charge in [0.25, 0.3) is 11.8 Å². The van der Waals surface area contributed by atoms with Crippen LogP contribution < -0.4 is 5.32 Å². The van der Waals surface area contributed by atoms with Gasteiger partial charge in [-0.1, -0.05) is 23.2 Å². The van der Waals surface area contributed by atoms with Crippen LogP contribution in [0.3, 0.4) is 0 Å². The van der Waals surface area contributed by atoms with E-state index in [4.69, 9.17) is 23.2 Å². The Morgan fingerprint density at radius 3 is 2.55 bits per heavy atom. The fraction of sp³-hybridized carbons (Fsp3) is 0.417. The van der Waals surface area contributed by atoms with Gasteiger partial charge in [-0.2, -0.15) is 0 Å². The molecule has 0 radical (unpaired) electrons. The number of halogens is 2. The van der Waals surface area contributed by atoms with E-state index in [0.717, 1.165) is 16.2 Å². The van der Waals surface area contributed by atoms with E-state index in [2.05, 4.69) is 5.32 Å². The van der Waals surface area contributed by atoms with Gasteiger partial charge >= 0.3 is 0 Å². The fourth-order valence-corrected chi connectivity index (χ4v) is 3.50. The highest BCUT2D eigenvalue weighted by Crippen LogP contribution is 2.31. The molecule has 20 heavy (non-hydrogen) atoms. The van der Waals surface area contributed by atoms with E-state index in [9.17, 15) is 14.4 Å². The van der Waals surface area contributed by atoms with Crippen molar-refractivity contribution in [3.05, 3.63) is 20.3 Å². The number of thiophene rings is 1. The van der Waals surface area contributed by atoms with Crippen LogP contribution in [0.25, 0.3) is 0 Å². The van der Waals surface area contributed by atoms with Crippen LogP contribution in [-0.4, -0.2) is 34.7 Å². The standard InChI is InChI=1S/C12H12Cl2N2O3S/c1-5(2)16-9(17)4-7(12(16)19)15-11(18)6-3-8(13)20-10(6)14/h3,5,7H,4H2,1-2H3,(H,15,18)/t7-/m0/s1. The van der Waals surface area contributed by atoms with E-state index < -0.39 is 17.9 Å². The Morgan fingerprint density at radius 2 is 2.10 bits per heavy atom. The fourth-order valence-electron chi connectivity index (χ4n) is 2.04. The first-order valence-electron chi connectivity index (χ1n) is 5.93. The first kappa shape index (κ1) is 15.3. The summed E-state index contributed by atoms with van der Waals surface area (Å²) in [7, 11) is 0. The minimum absolute atomic E-state index is 0.0295. The monoisotopic (exact) mass is 334 g/mol. The normalized spacial score (nSPS) is 19.1. The Hall–Kier alpha value is -1.11. The van der Waals surface area contributed by atoms with Gasteiger partial charge in [0.05, 0.1) is 16.3 Å². The van der Waals surface area contributed by atoms with Crippen molar-refractivity contribution >= 4 is 52.3 Å². The number of amides is 3. The average Bonchev–Trinajstić information content (AvgIpc) is 2.79. The lowest BCUT2D eigenvalue weighted by molar-refractivity contribution is -0.140. The third-order valence-corrected chi connectivity index (χ3v) is 4.39. The summed E-state index contributed by atoms with van der Waals surface area (Å²) >= 11 is 12.7. The summed E-state index contributed by atoms with van der Waals surface area (Å²) in [4.78, 5) is 37.0. The van der Waals surface area contributed by atoms with Gasteiger partial charge in [0, 0.05) is 6.04 Å². The van der Waals surface area contributed by atoms with Crippen LogP contribution in [-0.2, 0) is 9.59 Å². The predicted octanol–water partition coefficient (Wildman–Crippen LogP) is 2.32. The maximum atomic E-state index is 12.0. The van der Waals surface area contributed by atoms with Crippen molar-refractivity contribution < 1.29 is 14.4 Å². The zero-order valence-electron chi connectivity index (χ0n) is 10.8. The molecular formula is C12H12Cl2N2O3S. The van der Waals surface area contributed by atoms with Crippen LogP contribution in [0.5, 0.6) is 0 Å². The maximum Gasteiger partial charge on any atom is 0.254 e. The van der Waals surface area contributed by atoms with E-state index in [0.29, 0.717) is 4.34 Å². The number of rotatable bonds is 3. The van der Waals surface area contributed by atoms with Gasteiger partial charge < -0.3 is 5.32 Å². The molecule has 8 heteroatoms. The minimum atomic E-state index is -0.841. The largest absolute Gasteiger partial charge is 0.340 e. The molecule has 1 aromatic rings. The lowest BCUT2D eigenvalue weighted by atomic mass is 10.2. The average molecular weight is 335 g/mol. The number of likely N-dealkylation sites (tertiary alicyclic amines) is 1. The van der Waals surface area contributed by atoms with Crippen molar-refractivity contribution in [1.82, 2.24) is 10.2 Å². The van der Waals surface area contributed by atoms with Gasteiger partial charge in [0.2, 0.25) is 5.91 Å². The maximum absolute atomic E-state index is 12.0. The summed E-state index contributed by atoms with van der Waals surface area (Å²) in [5, 5.41) is 2.53. The van der Waals surface area contributed by atoms with Crippen molar-refractivity contribution in [1.29, 1.82) is 0 Å². The third kappa shape index (κ3) is 2.82. The van der Waals surface area contributed by atoms with Crippen LogP contribution in [0, 0.1) is 0 Å². The molecule has 0 spiro atoms. The van der Waals surface area contributed by atoms with E-state index >= 15 is 0 Å². The molecule has 0 aliphatic carbocycles. The number of imide groups is 1. The van der Waals surface area contributed by atoms with Crippen LogP contribution in [0.15, 0.2) is 6.07 Å². The molecule has 1 fully saturated rings. The molecule has 1 aliphatic rings. The van der Waals surface area contributed by atoms with Crippen molar-refractivity contribution in [2.45, 2.75) is 32.4 Å². The summed E-state index contributed by atoms with van der Waals surface area (Å²) in [6, 6.07) is 0.369. The summed E-state index contributed by atoms with van der Waals surface area (Å²) < 4.78 is 0.641. The van der Waals surface area contributed by atoms with Crippen LogP contribution in [0.2, 0.25) is 8.67 Å². The smallest absolute Gasteiger partial charge is 0.254 e. The molecule has 3 amide bonds. The number of nitrogens with one attached hydrogen (secondary N) is 1. The minimum Gasteiger partial charge on any atom is -0.340 e. The highest BCUT2D eigenvalue weighted by Gasteiger charge is 2.40. The Balaban J connectivity index is 2.12. The van der Waals surface area contributed by atoms with E-state index in [-0.39, 0.29) is 28.3 Å². The molecule has 1 atom stereocenters. The Kier molecular flexibility index (Phi) is 4.36. The second-order valence-electron chi connectivity index (χ2n) is 4.66. The molecular weight excluding hydrogens is 323 g/mol. The quantitative estimate of drug-likeness (QED) is 0.862. The summed E-state index contributed by atoms with van der Waals surface area (Å²) in [5.74, 6) is -1.18. The highest BCUT2D eigenvalue weighted by molar-refractivity contribution is 7.20. The predicted molar refractivity (Wildman–Crippen MR) is 77.2 cm³/mol. The summed E-state index contributed by atoms with van der Waals surface area (Å²) in [6.45, 7) is 3.49. The van der Waals surface area contributed by atoms with Gasteiger partial charge in [-0.15, -0.1) is 11.3 Å². The number of hydrogen-bond acceptors (Lipinski definition) is 4. The second-order valence-corrected chi connectivity index (χ2v) is 6.95. The van der Waals surface area contributed by atoms with Gasteiger partial charge in [-0.05, 0) is 19.9 Å². The second kappa shape index (κ2) is 5.71. The van der Waals surface area contributed by atoms with Crippen LogP contribution in [0.4, 0.5) is 0 Å². The number of hydrogen-bond donors (Lipinski definition) is 1. The molecule has 1 aromatic heterocycles. The van der Waals surface area contributed by atoms with Crippen LogP contribution >= 0.6 is 34.5 Å². The molecule has 1 N–H and O–H groups in total. The van der Waals surface area contributed by atoms with Crippen LogP contribution in [0.1, 0.15) is 30.6 Å². The molecule has 0 unspecified atom stereocenters. The molecule has 2 rings (SSSR count). The number of nitrogens with zero attached hydrogens (tertiary/aromatic N) is 1. The molecule has 0 bridgehead atoms. The lowest BCUT2D eigenvalue weighted by Gasteiger charge is -2.19. The zero-order valence-corrected chi connectivity index (χ0v) is 13.1. The third-order valence-electron chi connectivity index (χ3n) is 2.91. The molecule has 1 aliphatic heterocycles. The topological polar surface area (TPSA) is 66.5 Å². The molecule has 2 heterocycles. The van der Waals surface area contributed by atoms with Gasteiger partial charge in [-0.3, -0.25) is 19.3 Å². The van der Waals surface area contributed by atoms with Crippen molar-refractivity contribution in [2.75, 3.05) is 0 Å². The molecule has 0 saturated carbocycles. The molecule has 108 valence electrons. The SMILES string of the molecule is CC(C)N1C(=O)C[C@H](NC(=O)c2cc(Cl)sc2Cl)C1=O. The van der Waals surface area contributed by atoms with E-state index in [1.165, 1.54) is 6.07 Å². The first-order chi connectivity index (χ1) is 9.31. The molecule has 1 saturated heterocycles. The Bertz CT molecular complexity index is 585. The molecule has 5 nitrogen and oxygen atoms in total. The molecule has 0 aromatic carbocycles. The van der Waals surface area contributed by atoms with Gasteiger partial charge in [0.1, 0.15) is 10.4 Å². The summed E-state index contributed by atoms with van der Waals surface area (Å²) in [6.07, 6.45) is -0.0295. The van der Waals surface area contributed by atoms with Crippen molar-refractivity contribution in [3.8, 4) is 0 Å². The first-order valence-corrected chi connectivity index (χ1v) is 7.50. The highest BCUT2D eigenvalue weighted by atomic mass is 35.5. The number of carbonyl (C=O) groups is 3. The number of carbonyl (C=O) groups excluding carboxylic acids is 3. The zero-order chi connectivity index (χ0) is 15.0. The van der Waals surface area contributed by atoms with E-state index in [1.54, 1.807) is 13.8 Å². The Morgan fingerprint density at radius 1 is 1.45 bits per heavy atom. The lowest BCUT2D eigenvalue weighted by Crippen LogP contribution is -2.43. The van der Waals surface area contributed by atoms with Gasteiger partial charge in [0.15, 0.2) is 0 Å². The Labute approximate surface area is 129 Å². The van der Waals surface area contributed by atoms with Crippen molar-refractivity contribution in [3.63, 3.8) is 0 Å². The van der Waals surface area contributed by atoms with Gasteiger partial charge in [-0.25, -0.2) is 0 Å². The summed E-state index contributed by atoms with van der Waals surface area (Å²) in [5.41, 5.74) is 0.213. The van der Waals surface area contributed by atoms with Crippen molar-refractivity contribution in [2.24, 2.45) is 0 Å². The van der Waals surface area contributed by atoms with E-state index in [1.807, 2.05) is 0 Å².